The molecule has 0 aromatic carbocycles. The molecule has 1 fully saturated rings. The summed E-state index contributed by atoms with van der Waals surface area (Å²) >= 11 is 1.02. The van der Waals surface area contributed by atoms with Crippen LogP contribution in [0.25, 0.3) is 11.2 Å². The number of imidazole rings is 1. The Morgan fingerprint density at radius 2 is 1.78 bits per heavy atom. The molecule has 2 aromatic heterocycles. The number of fused-ring (bicyclic) bond motifs is 1. The van der Waals surface area contributed by atoms with E-state index in [1.54, 1.807) is 0 Å². The van der Waals surface area contributed by atoms with Crippen molar-refractivity contribution in [2.75, 3.05) is 37.8 Å². The van der Waals surface area contributed by atoms with Crippen LogP contribution in [0.2, 0.25) is 0 Å². The number of aliphatic hydroxyl groups excluding tert-OH is 2. The van der Waals surface area contributed by atoms with Gasteiger partial charge >= 0.3 is 0 Å². The Morgan fingerprint density at radius 1 is 1.12 bits per heavy atom. The van der Waals surface area contributed by atoms with Crippen LogP contribution in [0.4, 0.5) is 5.82 Å². The Labute approximate surface area is 293 Å². The van der Waals surface area contributed by atoms with Crippen LogP contribution in [0.15, 0.2) is 12.7 Å². The summed E-state index contributed by atoms with van der Waals surface area (Å²) < 4.78 is 60.5. The first-order chi connectivity index (χ1) is 23.5. The molecule has 3 unspecified atom stereocenters. The molecule has 3 heterocycles. The number of nitrogens with two attached hydrogens (primary N) is 1. The Kier molecular flexibility index (Phi) is 14.8. The van der Waals surface area contributed by atoms with Gasteiger partial charge in [0.2, 0.25) is 11.8 Å². The maximum Gasteiger partial charge on any atom is 0.274 e. The summed E-state index contributed by atoms with van der Waals surface area (Å²) in [7, 11) is -17.3. The van der Waals surface area contributed by atoms with Crippen LogP contribution < -0.4 is 31.0 Å². The van der Waals surface area contributed by atoms with Crippen LogP contribution >= 0.6 is 35.2 Å². The third-order valence-electron chi connectivity index (χ3n) is 6.79. The van der Waals surface area contributed by atoms with E-state index >= 15 is 0 Å². The Morgan fingerprint density at radius 3 is 2.43 bits per heavy atom. The van der Waals surface area contributed by atoms with Gasteiger partial charge in [-0.15, -0.1) is 0 Å². The van der Waals surface area contributed by atoms with Crippen LogP contribution in [-0.2, 0) is 50.7 Å². The molecule has 24 nitrogen and oxygen atoms in total. The molecule has 0 saturated carbocycles. The van der Waals surface area contributed by atoms with E-state index in [9.17, 15) is 57.9 Å². The molecule has 2 amide bonds. The third kappa shape index (κ3) is 12.9. The van der Waals surface area contributed by atoms with Crippen LogP contribution in [0.5, 0.6) is 0 Å². The number of nitrogen functional groups attached to an aromatic ring is 1. The fourth-order valence-electron chi connectivity index (χ4n) is 4.31. The predicted octanol–water partition coefficient (Wildman–Crippen LogP) is -3.21. The number of aliphatic hydroxyl groups is 2. The molecule has 0 radical (unpaired) electrons. The number of aromatic nitrogens is 4. The molecule has 288 valence electrons. The second-order valence-electron chi connectivity index (χ2n) is 11.3. The van der Waals surface area contributed by atoms with E-state index in [4.69, 9.17) is 10.5 Å². The number of amides is 2. The SMILES string of the molecule is CC(C)(COP(=O)([O-])OP(=O)([O-])OC[C@H]1O[C@@H](n2cnc3c(N)ncnc32)[C@H](O)[C@@H]1OP(=O)([O-])O)[C@@H](O)C(=O)NCCC(=O)NCCS[13C]([13CH3])=O. The predicted molar refractivity (Wildman–Crippen MR) is 166 cm³/mol. The van der Waals surface area contributed by atoms with Gasteiger partial charge in [0, 0.05) is 37.6 Å². The summed E-state index contributed by atoms with van der Waals surface area (Å²) in [5.74, 6) is -1.17. The first-order valence-corrected chi connectivity index (χ1v) is 19.9. The second kappa shape index (κ2) is 17.6. The standard InChI is InChI=1S/C23H38N7O17P3S/c1-12(31)51-7-6-25-14(32)4-5-26-21(35)18(34)23(2,3)9-44-50(41,42)47-49(39,40)43-8-13-17(46-48(36,37)38)16(33)22(45-13)30-11-29-15-19(24)27-10-28-20(15)30/h10-11,13,16-18,22,33-34H,4-9H2,1-3H3,(H,25,32)(H,26,35)(H,39,40)(H,41,42)(H2,24,27,28)(H2,36,37,38)/p-3/t13-,16-,17-,18+,22-/m1/s1/i1+1,12+1. The number of anilines is 1. The van der Waals surface area contributed by atoms with Gasteiger partial charge in [0.1, 0.15) is 36.3 Å². The topological polar surface area (TPSA) is 372 Å². The summed E-state index contributed by atoms with van der Waals surface area (Å²) in [5.41, 5.74) is 4.11. The van der Waals surface area contributed by atoms with Gasteiger partial charge in [-0.05, 0) is 0 Å². The normalized spacial score (nSPS) is 23.5. The van der Waals surface area contributed by atoms with Gasteiger partial charge in [-0.1, -0.05) is 25.6 Å². The summed E-state index contributed by atoms with van der Waals surface area (Å²) in [6.45, 7) is 1.54. The van der Waals surface area contributed by atoms with E-state index in [2.05, 4.69) is 43.5 Å². The zero-order valence-corrected chi connectivity index (χ0v) is 30.5. The fourth-order valence-corrected chi connectivity index (χ4v) is 7.54. The summed E-state index contributed by atoms with van der Waals surface area (Å²) in [6, 6.07) is 0. The zero-order chi connectivity index (χ0) is 38.4. The fraction of sp³-hybridized carbons (Fsp3) is 0.652. The lowest BCUT2D eigenvalue weighted by molar-refractivity contribution is -0.247. The van der Waals surface area contributed by atoms with Crippen molar-refractivity contribution in [1.82, 2.24) is 30.2 Å². The molecule has 7 N–H and O–H groups in total. The molecule has 0 aliphatic carbocycles. The smallest absolute Gasteiger partial charge is 0.274 e. The molecule has 3 rings (SSSR count). The summed E-state index contributed by atoms with van der Waals surface area (Å²) in [6.07, 6.45) is -7.35. The van der Waals surface area contributed by atoms with Crippen molar-refractivity contribution in [3.8, 4) is 0 Å². The molecule has 0 bridgehead atoms. The van der Waals surface area contributed by atoms with E-state index in [-0.39, 0.29) is 41.6 Å². The van der Waals surface area contributed by atoms with Crippen molar-refractivity contribution in [2.24, 2.45) is 5.41 Å². The molecule has 2 aromatic rings. The summed E-state index contributed by atoms with van der Waals surface area (Å²) in [5, 5.41) is 25.9. The Bertz CT molecular complexity index is 1710. The largest absolute Gasteiger partial charge is 0.756 e. The van der Waals surface area contributed by atoms with Crippen LogP contribution in [-0.4, -0.2) is 108 Å². The van der Waals surface area contributed by atoms with Gasteiger partial charge in [0.15, 0.2) is 22.8 Å². The van der Waals surface area contributed by atoms with Crippen LogP contribution in [0.1, 0.15) is 33.4 Å². The molecular formula is C23H35N7O17P3S-3. The number of phosphoric acid groups is 3. The van der Waals surface area contributed by atoms with Crippen molar-refractivity contribution in [1.29, 1.82) is 0 Å². The van der Waals surface area contributed by atoms with E-state index in [0.717, 1.165) is 29.0 Å². The van der Waals surface area contributed by atoms with Gasteiger partial charge < -0.3 is 64.5 Å². The molecule has 51 heavy (non-hydrogen) atoms. The van der Waals surface area contributed by atoms with E-state index in [1.165, 1.54) is 20.8 Å². The van der Waals surface area contributed by atoms with E-state index < -0.39 is 84.6 Å². The lowest BCUT2D eigenvalue weighted by Gasteiger charge is -2.35. The van der Waals surface area contributed by atoms with Crippen molar-refractivity contribution in [2.45, 2.75) is 57.8 Å². The van der Waals surface area contributed by atoms with Gasteiger partial charge in [0.05, 0.1) is 19.5 Å². The number of ether oxygens (including phenoxy) is 1. The number of carbonyl (C=O) groups excluding carboxylic acids is 3. The van der Waals surface area contributed by atoms with Crippen LogP contribution in [0, 0.1) is 5.41 Å². The van der Waals surface area contributed by atoms with Crippen molar-refractivity contribution < 1.29 is 80.5 Å². The first kappa shape index (κ1) is 43.0. The lowest BCUT2D eigenvalue weighted by Crippen LogP contribution is -2.46. The number of nitrogens with zero attached hydrogens (tertiary/aromatic N) is 4. The molecule has 1 aliphatic heterocycles. The molecule has 28 heteroatoms. The minimum atomic E-state index is -5.89. The minimum absolute atomic E-state index is 0.00525. The van der Waals surface area contributed by atoms with E-state index in [0.29, 0.717) is 5.75 Å². The highest BCUT2D eigenvalue weighted by Gasteiger charge is 2.48. The first-order valence-electron chi connectivity index (χ1n) is 14.5. The number of carbonyl (C=O) groups is 3. The highest BCUT2D eigenvalue weighted by atomic mass is 32.2. The van der Waals surface area contributed by atoms with E-state index in [1.807, 2.05) is 0 Å². The third-order valence-corrected chi connectivity index (χ3v) is 10.6. The summed E-state index contributed by atoms with van der Waals surface area (Å²) in [4.78, 5) is 92.4. The van der Waals surface area contributed by atoms with Crippen molar-refractivity contribution >= 4 is 69.1 Å². The number of rotatable bonds is 19. The molecular weight excluding hydrogens is 773 g/mol. The average molecular weight is 809 g/mol. The van der Waals surface area contributed by atoms with Crippen LogP contribution in [0.3, 0.4) is 0 Å². The number of thioether (sulfide) groups is 1. The quantitative estimate of drug-likeness (QED) is 0.0462. The highest BCUT2D eigenvalue weighted by Crippen LogP contribution is 2.56. The second-order valence-corrected chi connectivity index (χ2v) is 16.7. The number of hydrogen-bond acceptors (Lipinski definition) is 21. The van der Waals surface area contributed by atoms with Gasteiger partial charge in [-0.2, -0.15) is 0 Å². The minimum Gasteiger partial charge on any atom is -0.756 e. The van der Waals surface area contributed by atoms with Gasteiger partial charge in [-0.3, -0.25) is 32.6 Å². The Balaban J connectivity index is 1.55. The lowest BCUT2D eigenvalue weighted by atomic mass is 9.87. The molecule has 8 atom stereocenters. The monoisotopic (exact) mass is 808 g/mol. The molecule has 0 spiro atoms. The highest BCUT2D eigenvalue weighted by molar-refractivity contribution is 8.13. The van der Waals surface area contributed by atoms with Gasteiger partial charge in [-0.25, -0.2) is 19.3 Å². The van der Waals surface area contributed by atoms with Crippen molar-refractivity contribution in [3.05, 3.63) is 12.7 Å². The maximum atomic E-state index is 12.4. The number of phosphoric ester groups is 3. The molecule has 1 aliphatic rings. The average Bonchev–Trinajstić information content (AvgIpc) is 3.57. The number of hydrogen-bond donors (Lipinski definition) is 6. The number of nitrogens with one attached hydrogen (secondary N) is 2. The zero-order valence-electron chi connectivity index (χ0n) is 27.0. The van der Waals surface area contributed by atoms with Gasteiger partial charge in [0.25, 0.3) is 23.5 Å². The Hall–Kier alpha value is -2.44. The maximum absolute atomic E-state index is 12.4. The molecule has 1 saturated heterocycles. The van der Waals surface area contributed by atoms with Crippen molar-refractivity contribution in [3.63, 3.8) is 0 Å².